The van der Waals surface area contributed by atoms with E-state index in [1.807, 2.05) is 0 Å². The molecule has 1 aromatic heterocycles. The highest BCUT2D eigenvalue weighted by Crippen LogP contribution is 2.40. The van der Waals surface area contributed by atoms with Crippen molar-refractivity contribution >= 4 is 11.6 Å². The maximum absolute atomic E-state index is 13.4. The molecule has 1 saturated heterocycles. The molecule has 0 saturated carbocycles. The third-order valence-electron chi connectivity index (χ3n) is 4.98. The number of hydrogen-bond acceptors (Lipinski definition) is 5. The summed E-state index contributed by atoms with van der Waals surface area (Å²) in [6.45, 7) is -0.262. The van der Waals surface area contributed by atoms with Gasteiger partial charge in [-0.1, -0.05) is 0 Å². The molecule has 1 aliphatic rings. The van der Waals surface area contributed by atoms with Crippen molar-refractivity contribution in [3.05, 3.63) is 51.7 Å². The lowest BCUT2D eigenvalue weighted by Crippen LogP contribution is -2.44. The van der Waals surface area contributed by atoms with E-state index in [2.05, 4.69) is 4.98 Å². The second kappa shape index (κ2) is 8.28. The van der Waals surface area contributed by atoms with Gasteiger partial charge in [-0.15, -0.1) is 0 Å². The van der Waals surface area contributed by atoms with Crippen molar-refractivity contribution in [1.82, 2.24) is 9.88 Å². The summed E-state index contributed by atoms with van der Waals surface area (Å²) in [5.74, 6) is -1.73. The van der Waals surface area contributed by atoms with E-state index < -0.39 is 57.5 Å². The Morgan fingerprint density at radius 1 is 1.22 bits per heavy atom. The van der Waals surface area contributed by atoms with Crippen molar-refractivity contribution in [2.24, 2.45) is 0 Å². The van der Waals surface area contributed by atoms with Crippen LogP contribution in [0.2, 0.25) is 0 Å². The minimum Gasteiger partial charge on any atom is -0.496 e. The summed E-state index contributed by atoms with van der Waals surface area (Å²) in [7, 11) is 1.02. The monoisotopic (exact) mass is 463 g/mol. The Bertz CT molecular complexity index is 1050. The highest BCUT2D eigenvalue weighted by molar-refractivity contribution is 6.01. The van der Waals surface area contributed by atoms with Crippen LogP contribution in [0.1, 0.15) is 28.8 Å². The molecule has 1 amide bonds. The number of halogens is 6. The molecule has 7 nitrogen and oxygen atoms in total. The number of rotatable bonds is 4. The lowest BCUT2D eigenvalue weighted by molar-refractivity contribution is -0.385. The van der Waals surface area contributed by atoms with Gasteiger partial charge >= 0.3 is 12.4 Å². The predicted octanol–water partition coefficient (Wildman–Crippen LogP) is 4.85. The van der Waals surface area contributed by atoms with E-state index in [-0.39, 0.29) is 24.9 Å². The van der Waals surface area contributed by atoms with Crippen LogP contribution in [0.4, 0.5) is 32.0 Å². The fraction of sp³-hybridized carbons (Fsp3) is 0.368. The van der Waals surface area contributed by atoms with Gasteiger partial charge in [0.15, 0.2) is 0 Å². The van der Waals surface area contributed by atoms with Gasteiger partial charge in [0.2, 0.25) is 0 Å². The van der Waals surface area contributed by atoms with Gasteiger partial charge in [0.05, 0.1) is 28.9 Å². The van der Waals surface area contributed by atoms with Gasteiger partial charge in [0.1, 0.15) is 18.0 Å². The van der Waals surface area contributed by atoms with E-state index in [1.54, 1.807) is 0 Å². The van der Waals surface area contributed by atoms with Crippen LogP contribution >= 0.6 is 0 Å². The number of methoxy groups -OCH3 is 1. The molecule has 0 N–H and O–H groups in total. The van der Waals surface area contributed by atoms with Gasteiger partial charge in [-0.2, -0.15) is 26.3 Å². The largest absolute Gasteiger partial charge is 0.496 e. The molecule has 1 aliphatic heterocycles. The van der Waals surface area contributed by atoms with Crippen LogP contribution in [0.25, 0.3) is 11.3 Å². The Labute approximate surface area is 176 Å². The summed E-state index contributed by atoms with van der Waals surface area (Å²) in [4.78, 5) is 27.5. The Hall–Kier alpha value is -3.38. The fourth-order valence-corrected chi connectivity index (χ4v) is 3.53. The maximum Gasteiger partial charge on any atom is 0.419 e. The summed E-state index contributed by atoms with van der Waals surface area (Å²) in [5.41, 5.74) is -3.18. The van der Waals surface area contributed by atoms with Crippen LogP contribution in [0.5, 0.6) is 5.75 Å². The van der Waals surface area contributed by atoms with E-state index in [0.717, 1.165) is 25.4 Å². The minimum atomic E-state index is -4.84. The predicted molar refractivity (Wildman–Crippen MR) is 98.0 cm³/mol. The van der Waals surface area contributed by atoms with Gasteiger partial charge in [-0.05, 0) is 31.0 Å². The average Bonchev–Trinajstić information content (AvgIpc) is 3.22. The number of amides is 1. The van der Waals surface area contributed by atoms with Crippen LogP contribution in [0.15, 0.2) is 30.5 Å². The SMILES string of the molecule is COc1ccc(-c2ncc([N+](=O)[O-])cc2C(=O)N2CCC[C@H]2C(F)(F)F)cc1C(F)(F)F. The molecule has 2 heterocycles. The number of ether oxygens (including phenoxy) is 1. The molecular formula is C19H15F6N3O4. The first kappa shape index (κ1) is 23.3. The van der Waals surface area contributed by atoms with Crippen molar-refractivity contribution in [2.75, 3.05) is 13.7 Å². The summed E-state index contributed by atoms with van der Waals surface area (Å²) in [5, 5.41) is 11.1. The average molecular weight is 463 g/mol. The fourth-order valence-electron chi connectivity index (χ4n) is 3.53. The number of carbonyl (C=O) groups is 1. The summed E-state index contributed by atoms with van der Waals surface area (Å²) in [6, 6.07) is 1.32. The highest BCUT2D eigenvalue weighted by Gasteiger charge is 2.48. The van der Waals surface area contributed by atoms with Crippen LogP contribution in [0.3, 0.4) is 0 Å². The van der Waals surface area contributed by atoms with Crippen molar-refractivity contribution < 1.29 is 40.8 Å². The highest BCUT2D eigenvalue weighted by atomic mass is 19.4. The second-order valence-electron chi connectivity index (χ2n) is 6.96. The Morgan fingerprint density at radius 2 is 1.91 bits per heavy atom. The van der Waals surface area contributed by atoms with Gasteiger partial charge < -0.3 is 9.64 Å². The molecule has 32 heavy (non-hydrogen) atoms. The molecule has 2 aromatic rings. The van der Waals surface area contributed by atoms with Crippen molar-refractivity contribution in [2.45, 2.75) is 31.2 Å². The lowest BCUT2D eigenvalue weighted by atomic mass is 10.0. The topological polar surface area (TPSA) is 85.6 Å². The van der Waals surface area contributed by atoms with E-state index in [1.165, 1.54) is 0 Å². The normalized spacial score (nSPS) is 16.8. The summed E-state index contributed by atoms with van der Waals surface area (Å²) in [6.07, 6.45) is -9.16. The zero-order chi connectivity index (χ0) is 23.8. The number of alkyl halides is 6. The Balaban J connectivity index is 2.17. The third kappa shape index (κ3) is 4.46. The maximum atomic E-state index is 13.4. The first-order chi connectivity index (χ1) is 14.8. The first-order valence-electron chi connectivity index (χ1n) is 9.12. The van der Waals surface area contributed by atoms with Crippen molar-refractivity contribution in [3.8, 4) is 17.0 Å². The molecular weight excluding hydrogens is 448 g/mol. The standard InChI is InChI=1S/C19H15F6N3O4/c1-32-14-5-4-10(7-13(14)18(20,21)22)16-12(8-11(9-26-16)28(30)31)17(29)27-6-2-3-15(27)19(23,24)25/h4-5,7-9,15H,2-3,6H2,1H3/t15-/m0/s1. The molecule has 13 heteroatoms. The first-order valence-corrected chi connectivity index (χ1v) is 9.12. The zero-order valence-corrected chi connectivity index (χ0v) is 16.3. The number of nitrogens with zero attached hydrogens (tertiary/aromatic N) is 3. The number of likely N-dealkylation sites (tertiary alicyclic amines) is 1. The van der Waals surface area contributed by atoms with E-state index in [9.17, 15) is 41.3 Å². The Morgan fingerprint density at radius 3 is 2.47 bits per heavy atom. The molecule has 1 aromatic carbocycles. The summed E-state index contributed by atoms with van der Waals surface area (Å²) >= 11 is 0. The number of aromatic nitrogens is 1. The molecule has 0 bridgehead atoms. The smallest absolute Gasteiger partial charge is 0.419 e. The van der Waals surface area contributed by atoms with E-state index in [0.29, 0.717) is 17.0 Å². The minimum absolute atomic E-state index is 0.0500. The van der Waals surface area contributed by atoms with Crippen LogP contribution in [-0.4, -0.2) is 46.6 Å². The number of pyridine rings is 1. The molecule has 0 spiro atoms. The number of carbonyl (C=O) groups excluding carboxylic acids is 1. The molecule has 0 unspecified atom stereocenters. The zero-order valence-electron chi connectivity index (χ0n) is 16.3. The summed E-state index contributed by atoms with van der Waals surface area (Å²) < 4.78 is 84.9. The quantitative estimate of drug-likeness (QED) is 0.368. The number of nitro groups is 1. The molecule has 1 fully saturated rings. The van der Waals surface area contributed by atoms with Gasteiger partial charge in [0, 0.05) is 18.2 Å². The lowest BCUT2D eigenvalue weighted by Gasteiger charge is -2.27. The van der Waals surface area contributed by atoms with E-state index >= 15 is 0 Å². The Kier molecular flexibility index (Phi) is 6.03. The third-order valence-corrected chi connectivity index (χ3v) is 4.98. The van der Waals surface area contributed by atoms with Gasteiger partial charge in [-0.25, -0.2) is 4.98 Å². The molecule has 3 rings (SSSR count). The number of hydrogen-bond donors (Lipinski definition) is 0. The van der Waals surface area contributed by atoms with Gasteiger partial charge in [-0.3, -0.25) is 14.9 Å². The molecule has 0 aliphatic carbocycles. The van der Waals surface area contributed by atoms with Crippen LogP contribution in [0, 0.1) is 10.1 Å². The molecule has 0 radical (unpaired) electrons. The molecule has 1 atom stereocenters. The van der Waals surface area contributed by atoms with Crippen LogP contribution < -0.4 is 4.74 Å². The van der Waals surface area contributed by atoms with Crippen LogP contribution in [-0.2, 0) is 6.18 Å². The number of benzene rings is 1. The van der Waals surface area contributed by atoms with E-state index in [4.69, 9.17) is 4.74 Å². The van der Waals surface area contributed by atoms with Crippen molar-refractivity contribution in [1.29, 1.82) is 0 Å². The second-order valence-corrected chi connectivity index (χ2v) is 6.96. The van der Waals surface area contributed by atoms with Crippen molar-refractivity contribution in [3.63, 3.8) is 0 Å². The van der Waals surface area contributed by atoms with Gasteiger partial charge in [0.25, 0.3) is 11.6 Å². The molecule has 172 valence electrons.